The second-order valence-electron chi connectivity index (χ2n) is 2.17. The molecule has 0 N–H and O–H groups in total. The van der Waals surface area contributed by atoms with Gasteiger partial charge in [0.2, 0.25) is 0 Å². The maximum absolute atomic E-state index is 10.5. The molecule has 0 aromatic rings. The minimum Gasteiger partial charge on any atom is -0.381 e. The summed E-state index contributed by atoms with van der Waals surface area (Å²) in [5, 5.41) is 0. The van der Waals surface area contributed by atoms with Crippen LogP contribution in [-0.2, 0) is 9.53 Å². The first-order valence-corrected chi connectivity index (χ1v) is 3.23. The Hall–Kier alpha value is -0.370. The van der Waals surface area contributed by atoms with Gasteiger partial charge in [-0.25, -0.2) is 0 Å². The van der Waals surface area contributed by atoms with Gasteiger partial charge < -0.3 is 4.74 Å². The van der Waals surface area contributed by atoms with Crippen LogP contribution < -0.4 is 0 Å². The first-order valence-electron chi connectivity index (χ1n) is 3.23. The van der Waals surface area contributed by atoms with Gasteiger partial charge in [-0.2, -0.15) is 0 Å². The molecule has 0 aliphatic rings. The Kier molecular flexibility index (Phi) is 4.32. The number of carbonyl (C=O) groups is 1. The van der Waals surface area contributed by atoms with E-state index in [-0.39, 0.29) is 11.9 Å². The molecule has 1 atom stereocenters. The molecule has 0 aromatic carbocycles. The van der Waals surface area contributed by atoms with Crippen LogP contribution in [0.2, 0.25) is 0 Å². The van der Waals surface area contributed by atoms with Crippen LogP contribution in [-0.4, -0.2) is 19.0 Å². The largest absolute Gasteiger partial charge is 0.381 e. The van der Waals surface area contributed by atoms with E-state index in [1.54, 1.807) is 14.0 Å². The van der Waals surface area contributed by atoms with Crippen LogP contribution >= 0.6 is 0 Å². The smallest absolute Gasteiger partial charge is 0.132 e. The number of ether oxygens (including phenoxy) is 1. The predicted octanol–water partition coefficient (Wildman–Crippen LogP) is 1.39. The lowest BCUT2D eigenvalue weighted by atomic mass is 10.1. The van der Waals surface area contributed by atoms with E-state index in [1.807, 2.05) is 6.92 Å². The Morgan fingerprint density at radius 1 is 1.67 bits per heavy atom. The van der Waals surface area contributed by atoms with Crippen molar-refractivity contribution in [2.75, 3.05) is 7.11 Å². The fourth-order valence-electron chi connectivity index (χ4n) is 0.715. The van der Waals surface area contributed by atoms with E-state index in [4.69, 9.17) is 4.74 Å². The Morgan fingerprint density at radius 3 is 2.33 bits per heavy atom. The number of rotatable bonds is 4. The summed E-state index contributed by atoms with van der Waals surface area (Å²) in [4.78, 5) is 10.5. The van der Waals surface area contributed by atoms with E-state index >= 15 is 0 Å². The minimum absolute atomic E-state index is 0.127. The topological polar surface area (TPSA) is 26.3 Å². The molecule has 0 fully saturated rings. The van der Waals surface area contributed by atoms with Gasteiger partial charge in [0.25, 0.3) is 0 Å². The van der Waals surface area contributed by atoms with E-state index in [2.05, 4.69) is 0 Å². The molecule has 0 saturated heterocycles. The molecule has 2 heteroatoms. The number of methoxy groups -OCH3 is 1. The summed E-state index contributed by atoms with van der Waals surface area (Å²) in [6.07, 6.45) is 1.59. The van der Waals surface area contributed by atoms with Crippen molar-refractivity contribution < 1.29 is 9.53 Å². The average Bonchev–Trinajstić information content (AvgIpc) is 1.82. The van der Waals surface area contributed by atoms with Gasteiger partial charge in [0.15, 0.2) is 0 Å². The maximum Gasteiger partial charge on any atom is 0.132 e. The SMILES string of the molecule is CC[C@@H](CC(C)=O)OC. The molecule has 0 unspecified atom stereocenters. The number of Topliss-reactive ketones (excluding diaryl/α,β-unsaturated/α-hetero) is 1. The zero-order valence-electron chi connectivity index (χ0n) is 6.31. The van der Waals surface area contributed by atoms with Crippen molar-refractivity contribution in [1.82, 2.24) is 0 Å². The highest BCUT2D eigenvalue weighted by atomic mass is 16.5. The highest BCUT2D eigenvalue weighted by Gasteiger charge is 2.05. The normalized spacial score (nSPS) is 13.2. The zero-order chi connectivity index (χ0) is 7.28. The maximum atomic E-state index is 10.5. The first-order chi connectivity index (χ1) is 4.20. The molecule has 9 heavy (non-hydrogen) atoms. The highest BCUT2D eigenvalue weighted by Crippen LogP contribution is 2.01. The quantitative estimate of drug-likeness (QED) is 0.574. The molecule has 0 radical (unpaired) electrons. The Balaban J connectivity index is 3.43. The van der Waals surface area contributed by atoms with E-state index in [1.165, 1.54) is 0 Å². The molecule has 0 heterocycles. The van der Waals surface area contributed by atoms with Crippen LogP contribution in [0.1, 0.15) is 26.7 Å². The summed E-state index contributed by atoms with van der Waals surface area (Å²) >= 11 is 0. The van der Waals surface area contributed by atoms with Crippen molar-refractivity contribution >= 4 is 5.78 Å². The molecule has 0 aliphatic carbocycles. The molecule has 0 saturated carbocycles. The molecule has 0 rings (SSSR count). The van der Waals surface area contributed by atoms with Crippen molar-refractivity contribution in [3.63, 3.8) is 0 Å². The minimum atomic E-state index is 0.127. The van der Waals surface area contributed by atoms with Crippen LogP contribution in [0.15, 0.2) is 0 Å². The number of ketones is 1. The van der Waals surface area contributed by atoms with Crippen LogP contribution in [0.5, 0.6) is 0 Å². The molecule has 2 nitrogen and oxygen atoms in total. The number of hydrogen-bond donors (Lipinski definition) is 0. The van der Waals surface area contributed by atoms with E-state index < -0.39 is 0 Å². The Morgan fingerprint density at radius 2 is 2.22 bits per heavy atom. The molecular weight excluding hydrogens is 116 g/mol. The van der Waals surface area contributed by atoms with Crippen molar-refractivity contribution in [2.24, 2.45) is 0 Å². The van der Waals surface area contributed by atoms with Crippen molar-refractivity contribution in [2.45, 2.75) is 32.8 Å². The summed E-state index contributed by atoms with van der Waals surface area (Å²) in [6, 6.07) is 0. The van der Waals surface area contributed by atoms with Gasteiger partial charge in [-0.05, 0) is 13.3 Å². The highest BCUT2D eigenvalue weighted by molar-refractivity contribution is 5.75. The predicted molar refractivity (Wildman–Crippen MR) is 36.4 cm³/mol. The van der Waals surface area contributed by atoms with E-state index in [9.17, 15) is 4.79 Å². The molecule has 0 amide bonds. The van der Waals surface area contributed by atoms with Crippen molar-refractivity contribution in [1.29, 1.82) is 0 Å². The molecule has 0 aromatic heterocycles. The molecular formula is C7H14O2. The number of carbonyl (C=O) groups excluding carboxylic acids is 1. The Labute approximate surface area is 56.2 Å². The van der Waals surface area contributed by atoms with E-state index in [0.29, 0.717) is 6.42 Å². The fourth-order valence-corrected chi connectivity index (χ4v) is 0.715. The standard InChI is InChI=1S/C7H14O2/c1-4-7(9-3)5-6(2)8/h7H,4-5H2,1-3H3/t7-/m0/s1. The fraction of sp³-hybridized carbons (Fsp3) is 0.857. The molecule has 0 spiro atoms. The third kappa shape index (κ3) is 4.15. The molecule has 0 aliphatic heterocycles. The lowest BCUT2D eigenvalue weighted by molar-refractivity contribution is -0.119. The summed E-state index contributed by atoms with van der Waals surface area (Å²) in [5.74, 6) is 0.198. The van der Waals surface area contributed by atoms with Crippen LogP contribution in [0, 0.1) is 0 Å². The third-order valence-corrected chi connectivity index (χ3v) is 1.30. The average molecular weight is 130 g/mol. The lowest BCUT2D eigenvalue weighted by Gasteiger charge is -2.08. The van der Waals surface area contributed by atoms with Gasteiger partial charge in [0.05, 0.1) is 6.10 Å². The second kappa shape index (κ2) is 4.50. The lowest BCUT2D eigenvalue weighted by Crippen LogP contribution is -2.12. The third-order valence-electron chi connectivity index (χ3n) is 1.30. The van der Waals surface area contributed by atoms with E-state index in [0.717, 1.165) is 6.42 Å². The van der Waals surface area contributed by atoms with Crippen molar-refractivity contribution in [3.05, 3.63) is 0 Å². The molecule has 0 bridgehead atoms. The van der Waals surface area contributed by atoms with Gasteiger partial charge in [-0.3, -0.25) is 4.79 Å². The van der Waals surface area contributed by atoms with Crippen LogP contribution in [0.4, 0.5) is 0 Å². The number of hydrogen-bond acceptors (Lipinski definition) is 2. The summed E-state index contributed by atoms with van der Waals surface area (Å²) in [5.41, 5.74) is 0. The van der Waals surface area contributed by atoms with Crippen LogP contribution in [0.25, 0.3) is 0 Å². The zero-order valence-corrected chi connectivity index (χ0v) is 6.31. The van der Waals surface area contributed by atoms with Gasteiger partial charge >= 0.3 is 0 Å². The monoisotopic (exact) mass is 130 g/mol. The van der Waals surface area contributed by atoms with Gasteiger partial charge in [0.1, 0.15) is 5.78 Å². The van der Waals surface area contributed by atoms with Crippen molar-refractivity contribution in [3.8, 4) is 0 Å². The summed E-state index contributed by atoms with van der Waals surface area (Å²) < 4.78 is 4.99. The Bertz CT molecular complexity index is 84.9. The first kappa shape index (κ1) is 8.63. The summed E-state index contributed by atoms with van der Waals surface area (Å²) in [7, 11) is 1.64. The summed E-state index contributed by atoms with van der Waals surface area (Å²) in [6.45, 7) is 3.60. The van der Waals surface area contributed by atoms with Gasteiger partial charge in [-0.1, -0.05) is 6.92 Å². The van der Waals surface area contributed by atoms with Gasteiger partial charge in [0, 0.05) is 13.5 Å². The van der Waals surface area contributed by atoms with Gasteiger partial charge in [-0.15, -0.1) is 0 Å². The van der Waals surface area contributed by atoms with Crippen LogP contribution in [0.3, 0.4) is 0 Å². The molecule has 54 valence electrons. The second-order valence-corrected chi connectivity index (χ2v) is 2.17.